The summed E-state index contributed by atoms with van der Waals surface area (Å²) in [5, 5.41) is 25.2. The number of carbonyl (C=O) groups is 1. The highest BCUT2D eigenvalue weighted by atomic mass is 16.5. The summed E-state index contributed by atoms with van der Waals surface area (Å²) in [6.07, 6.45) is 8.86. The van der Waals surface area contributed by atoms with Gasteiger partial charge >= 0.3 is 0 Å². The summed E-state index contributed by atoms with van der Waals surface area (Å²) in [5.41, 5.74) is 1.05. The number of hydrogen-bond acceptors (Lipinski definition) is 6. The number of aromatic nitrogens is 3. The number of carboxylic acid groups (broad SMARTS) is 1. The van der Waals surface area contributed by atoms with E-state index in [0.29, 0.717) is 12.4 Å². The SMILES string of the molecule is O=CO.Oc1ccc(Cc2nnc3n2CC2(CCN(CC4CCCCC4)C2)OC3)cc1. The molecule has 31 heavy (non-hydrogen) atoms. The van der Waals surface area contributed by atoms with Gasteiger partial charge in [0.15, 0.2) is 5.82 Å². The monoisotopic (exact) mass is 428 g/mol. The second kappa shape index (κ2) is 9.78. The van der Waals surface area contributed by atoms with Crippen molar-refractivity contribution < 1.29 is 19.7 Å². The minimum atomic E-state index is -0.250. The van der Waals surface area contributed by atoms with Crippen LogP contribution in [0.1, 0.15) is 55.7 Å². The van der Waals surface area contributed by atoms with Crippen molar-refractivity contribution >= 4 is 6.47 Å². The van der Waals surface area contributed by atoms with Crippen molar-refractivity contribution in [1.82, 2.24) is 19.7 Å². The minimum Gasteiger partial charge on any atom is -0.508 e. The third-order valence-corrected chi connectivity index (χ3v) is 6.79. The number of aromatic hydroxyl groups is 1. The molecule has 1 unspecified atom stereocenters. The normalized spacial score (nSPS) is 23.9. The Labute approximate surface area is 182 Å². The lowest BCUT2D eigenvalue weighted by Gasteiger charge is -2.35. The second-order valence-corrected chi connectivity index (χ2v) is 9.03. The van der Waals surface area contributed by atoms with Crippen LogP contribution >= 0.6 is 0 Å². The third-order valence-electron chi connectivity index (χ3n) is 6.79. The Bertz CT molecular complexity index is 863. The molecule has 1 spiro atoms. The number of ether oxygens (including phenoxy) is 1. The minimum absolute atomic E-state index is 0.0895. The van der Waals surface area contributed by atoms with Crippen LogP contribution < -0.4 is 0 Å². The first-order valence-electron chi connectivity index (χ1n) is 11.2. The number of phenols is 1. The molecule has 1 aliphatic carbocycles. The highest BCUT2D eigenvalue weighted by molar-refractivity contribution is 5.32. The molecule has 0 amide bonds. The standard InChI is InChI=1S/C22H30N4O2.CH2O2/c27-19-8-6-17(7-9-19)12-20-23-24-21-14-28-22(16-26(20)21)10-11-25(15-22)13-18-4-2-1-3-5-18;2-1-3/h6-9,18,27H,1-5,10-16H2;1H,(H,2,3). The molecular weight excluding hydrogens is 396 g/mol. The molecule has 168 valence electrons. The van der Waals surface area contributed by atoms with E-state index in [1.807, 2.05) is 12.1 Å². The average Bonchev–Trinajstić information content (AvgIpc) is 3.35. The number of nitrogens with zero attached hydrogens (tertiary/aromatic N) is 4. The molecule has 8 heteroatoms. The number of fused-ring (bicyclic) bond motifs is 1. The van der Waals surface area contributed by atoms with Crippen LogP contribution in [0.15, 0.2) is 24.3 Å². The first kappa shape index (κ1) is 21.8. The van der Waals surface area contributed by atoms with Gasteiger partial charge in [-0.1, -0.05) is 31.4 Å². The van der Waals surface area contributed by atoms with Gasteiger partial charge in [-0.05, 0) is 42.9 Å². The summed E-state index contributed by atoms with van der Waals surface area (Å²) in [4.78, 5) is 11.0. The summed E-state index contributed by atoms with van der Waals surface area (Å²) >= 11 is 0. The maximum atomic E-state index is 9.50. The largest absolute Gasteiger partial charge is 0.508 e. The maximum Gasteiger partial charge on any atom is 0.290 e. The van der Waals surface area contributed by atoms with E-state index in [9.17, 15) is 5.11 Å². The van der Waals surface area contributed by atoms with Crippen LogP contribution in [0.3, 0.4) is 0 Å². The Hall–Kier alpha value is -2.45. The van der Waals surface area contributed by atoms with Gasteiger partial charge in [-0.15, -0.1) is 10.2 Å². The van der Waals surface area contributed by atoms with Crippen LogP contribution in [0.5, 0.6) is 5.75 Å². The summed E-state index contributed by atoms with van der Waals surface area (Å²) in [6, 6.07) is 7.36. The van der Waals surface area contributed by atoms with Gasteiger partial charge in [-0.25, -0.2) is 0 Å². The van der Waals surface area contributed by atoms with Gasteiger partial charge < -0.3 is 24.4 Å². The zero-order chi connectivity index (χ0) is 21.7. The van der Waals surface area contributed by atoms with Gasteiger partial charge in [0, 0.05) is 26.1 Å². The number of likely N-dealkylation sites (tertiary alicyclic amines) is 1. The van der Waals surface area contributed by atoms with Gasteiger partial charge in [0.25, 0.3) is 6.47 Å². The molecule has 2 aromatic rings. The van der Waals surface area contributed by atoms with E-state index in [4.69, 9.17) is 14.6 Å². The van der Waals surface area contributed by atoms with E-state index in [0.717, 1.165) is 55.6 Å². The number of rotatable bonds is 4. The molecule has 2 aliphatic heterocycles. The molecule has 2 fully saturated rings. The lowest BCUT2D eigenvalue weighted by molar-refractivity contribution is -0.122. The van der Waals surface area contributed by atoms with Crippen molar-refractivity contribution in [3.8, 4) is 5.75 Å². The van der Waals surface area contributed by atoms with E-state index >= 15 is 0 Å². The van der Waals surface area contributed by atoms with Crippen LogP contribution in [0.2, 0.25) is 0 Å². The van der Waals surface area contributed by atoms with Crippen molar-refractivity contribution in [3.63, 3.8) is 0 Å². The molecule has 0 bridgehead atoms. The zero-order valence-electron chi connectivity index (χ0n) is 17.9. The Morgan fingerprint density at radius 2 is 1.87 bits per heavy atom. The molecule has 1 atom stereocenters. The molecule has 8 nitrogen and oxygen atoms in total. The Kier molecular flexibility index (Phi) is 6.87. The summed E-state index contributed by atoms with van der Waals surface area (Å²) in [6.45, 7) is 4.56. The predicted molar refractivity (Wildman–Crippen MR) is 115 cm³/mol. The fourth-order valence-electron chi connectivity index (χ4n) is 5.21. The molecule has 3 heterocycles. The first-order valence-corrected chi connectivity index (χ1v) is 11.2. The third kappa shape index (κ3) is 5.25. The van der Waals surface area contributed by atoms with Crippen LogP contribution in [0.4, 0.5) is 0 Å². The van der Waals surface area contributed by atoms with Gasteiger partial charge in [-0.3, -0.25) is 4.79 Å². The van der Waals surface area contributed by atoms with Crippen molar-refractivity contribution in [2.75, 3.05) is 19.6 Å². The summed E-state index contributed by atoms with van der Waals surface area (Å²) < 4.78 is 8.63. The molecule has 2 N–H and O–H groups in total. The van der Waals surface area contributed by atoms with Crippen LogP contribution in [0.25, 0.3) is 0 Å². The smallest absolute Gasteiger partial charge is 0.290 e. The highest BCUT2D eigenvalue weighted by Crippen LogP contribution is 2.34. The quantitative estimate of drug-likeness (QED) is 0.722. The highest BCUT2D eigenvalue weighted by Gasteiger charge is 2.43. The van der Waals surface area contributed by atoms with Gasteiger partial charge in [0.1, 0.15) is 23.8 Å². The van der Waals surface area contributed by atoms with Crippen molar-refractivity contribution in [2.45, 2.75) is 63.7 Å². The maximum absolute atomic E-state index is 9.50. The fraction of sp³-hybridized carbons (Fsp3) is 0.609. The van der Waals surface area contributed by atoms with Crippen LogP contribution in [-0.2, 0) is 29.1 Å². The summed E-state index contributed by atoms with van der Waals surface area (Å²) in [5.74, 6) is 3.10. The number of phenolic OH excluding ortho intramolecular Hbond substituents is 1. The van der Waals surface area contributed by atoms with E-state index < -0.39 is 0 Å². The van der Waals surface area contributed by atoms with Crippen molar-refractivity contribution in [1.29, 1.82) is 0 Å². The fourth-order valence-corrected chi connectivity index (χ4v) is 5.21. The van der Waals surface area contributed by atoms with Crippen LogP contribution in [0, 0.1) is 5.92 Å². The number of benzene rings is 1. The molecule has 1 aromatic carbocycles. The Morgan fingerprint density at radius 3 is 2.61 bits per heavy atom. The molecule has 1 saturated carbocycles. The Morgan fingerprint density at radius 1 is 1.13 bits per heavy atom. The number of hydrogen-bond donors (Lipinski definition) is 2. The van der Waals surface area contributed by atoms with Crippen molar-refractivity contribution in [2.24, 2.45) is 5.92 Å². The van der Waals surface area contributed by atoms with Gasteiger partial charge in [0.2, 0.25) is 0 Å². The zero-order valence-corrected chi connectivity index (χ0v) is 17.9. The lowest BCUT2D eigenvalue weighted by atomic mass is 9.89. The van der Waals surface area contributed by atoms with Gasteiger partial charge in [0.05, 0.1) is 6.54 Å². The van der Waals surface area contributed by atoms with E-state index in [1.165, 1.54) is 38.6 Å². The van der Waals surface area contributed by atoms with E-state index in [1.54, 1.807) is 12.1 Å². The van der Waals surface area contributed by atoms with Crippen molar-refractivity contribution in [3.05, 3.63) is 41.5 Å². The molecular formula is C23H32N4O4. The molecule has 1 aromatic heterocycles. The molecule has 3 aliphatic rings. The van der Waals surface area contributed by atoms with Gasteiger partial charge in [-0.2, -0.15) is 0 Å². The lowest BCUT2D eigenvalue weighted by Crippen LogP contribution is -2.45. The average molecular weight is 429 g/mol. The molecule has 0 radical (unpaired) electrons. The predicted octanol–water partition coefficient (Wildman–Crippen LogP) is 2.83. The first-order chi connectivity index (χ1) is 15.1. The second-order valence-electron chi connectivity index (χ2n) is 9.03. The van der Waals surface area contributed by atoms with E-state index in [2.05, 4.69) is 19.7 Å². The topological polar surface area (TPSA) is 101 Å². The van der Waals surface area contributed by atoms with Crippen LogP contribution in [-0.4, -0.2) is 61.6 Å². The Balaban J connectivity index is 0.000000730. The summed E-state index contributed by atoms with van der Waals surface area (Å²) in [7, 11) is 0. The molecule has 1 saturated heterocycles. The molecule has 5 rings (SSSR count). The van der Waals surface area contributed by atoms with E-state index in [-0.39, 0.29) is 12.1 Å².